The molecule has 32 heavy (non-hydrogen) atoms. The summed E-state index contributed by atoms with van der Waals surface area (Å²) in [4.78, 5) is 36.7. The first-order valence-corrected chi connectivity index (χ1v) is 10.1. The molecule has 0 radical (unpaired) electrons. The number of methoxy groups -OCH3 is 1. The number of primary amides is 1. The van der Waals surface area contributed by atoms with Crippen molar-refractivity contribution in [2.75, 3.05) is 7.11 Å². The highest BCUT2D eigenvalue weighted by molar-refractivity contribution is 5.90. The Balaban J connectivity index is 1.54. The SMILES string of the molecule is COc1ccc2c(C[C@@H](NC(=O)Cc3ccc4ccccc4c3)C(N)=O)cc(=O)oc2c1. The summed E-state index contributed by atoms with van der Waals surface area (Å²) in [6.07, 6.45) is 0.163. The molecule has 0 spiro atoms. The van der Waals surface area contributed by atoms with E-state index in [0.29, 0.717) is 22.3 Å². The zero-order valence-electron chi connectivity index (χ0n) is 17.5. The zero-order valence-corrected chi connectivity index (χ0v) is 17.5. The molecule has 162 valence electrons. The fraction of sp³-hybridized carbons (Fsp3) is 0.160. The minimum absolute atomic E-state index is 0.0627. The van der Waals surface area contributed by atoms with E-state index >= 15 is 0 Å². The molecule has 1 atom stereocenters. The molecule has 3 aromatic carbocycles. The van der Waals surface area contributed by atoms with Gasteiger partial charge >= 0.3 is 5.63 Å². The lowest BCUT2D eigenvalue weighted by atomic mass is 10.0. The number of hydrogen-bond donors (Lipinski definition) is 2. The van der Waals surface area contributed by atoms with Crippen LogP contribution in [-0.2, 0) is 22.4 Å². The number of carbonyl (C=O) groups excluding carboxylic acids is 2. The molecule has 1 heterocycles. The predicted molar refractivity (Wildman–Crippen MR) is 122 cm³/mol. The Morgan fingerprint density at radius 2 is 1.81 bits per heavy atom. The van der Waals surface area contributed by atoms with Gasteiger partial charge in [0, 0.05) is 23.9 Å². The third-order valence-electron chi connectivity index (χ3n) is 5.32. The monoisotopic (exact) mass is 430 g/mol. The summed E-state index contributed by atoms with van der Waals surface area (Å²) < 4.78 is 10.4. The molecule has 0 unspecified atom stereocenters. The Morgan fingerprint density at radius 3 is 2.56 bits per heavy atom. The van der Waals surface area contributed by atoms with Crippen molar-refractivity contribution in [1.82, 2.24) is 5.32 Å². The average molecular weight is 430 g/mol. The third-order valence-corrected chi connectivity index (χ3v) is 5.32. The molecule has 0 fully saturated rings. The molecule has 4 aromatic rings. The lowest BCUT2D eigenvalue weighted by Gasteiger charge is -2.17. The second-order valence-corrected chi connectivity index (χ2v) is 7.54. The van der Waals surface area contributed by atoms with Crippen LogP contribution in [0.25, 0.3) is 21.7 Å². The first kappa shape index (κ1) is 21.1. The number of fused-ring (bicyclic) bond motifs is 2. The number of carbonyl (C=O) groups is 2. The first-order chi connectivity index (χ1) is 15.4. The van der Waals surface area contributed by atoms with Gasteiger partial charge in [-0.2, -0.15) is 0 Å². The minimum atomic E-state index is -0.977. The largest absolute Gasteiger partial charge is 0.497 e. The molecular weight excluding hydrogens is 408 g/mol. The maximum absolute atomic E-state index is 12.7. The highest BCUT2D eigenvalue weighted by Gasteiger charge is 2.21. The molecule has 0 saturated carbocycles. The van der Waals surface area contributed by atoms with Gasteiger partial charge in [-0.1, -0.05) is 42.5 Å². The molecule has 0 aliphatic rings. The van der Waals surface area contributed by atoms with E-state index in [0.717, 1.165) is 16.3 Å². The normalized spacial score (nSPS) is 11.9. The number of ether oxygens (including phenoxy) is 1. The van der Waals surface area contributed by atoms with Crippen LogP contribution in [0.5, 0.6) is 5.75 Å². The van der Waals surface area contributed by atoms with Crippen molar-refractivity contribution in [2.24, 2.45) is 5.73 Å². The van der Waals surface area contributed by atoms with E-state index < -0.39 is 17.6 Å². The topological polar surface area (TPSA) is 112 Å². The number of rotatable bonds is 7. The van der Waals surface area contributed by atoms with Crippen LogP contribution >= 0.6 is 0 Å². The Bertz CT molecular complexity index is 1380. The van der Waals surface area contributed by atoms with E-state index in [9.17, 15) is 14.4 Å². The summed E-state index contributed by atoms with van der Waals surface area (Å²) in [7, 11) is 1.51. The van der Waals surface area contributed by atoms with Gasteiger partial charge in [-0.25, -0.2) is 4.79 Å². The molecule has 3 N–H and O–H groups in total. The maximum atomic E-state index is 12.7. The van der Waals surface area contributed by atoms with Crippen LogP contribution in [-0.4, -0.2) is 25.0 Å². The van der Waals surface area contributed by atoms with Gasteiger partial charge in [-0.15, -0.1) is 0 Å². The minimum Gasteiger partial charge on any atom is -0.497 e. The van der Waals surface area contributed by atoms with E-state index in [1.165, 1.54) is 13.2 Å². The van der Waals surface area contributed by atoms with Crippen molar-refractivity contribution in [2.45, 2.75) is 18.9 Å². The molecule has 0 saturated heterocycles. The Morgan fingerprint density at radius 1 is 1.03 bits per heavy atom. The van der Waals surface area contributed by atoms with Gasteiger partial charge in [0.1, 0.15) is 17.4 Å². The zero-order chi connectivity index (χ0) is 22.7. The first-order valence-electron chi connectivity index (χ1n) is 10.1. The van der Waals surface area contributed by atoms with Crippen molar-refractivity contribution in [1.29, 1.82) is 0 Å². The van der Waals surface area contributed by atoms with Gasteiger partial charge in [0.25, 0.3) is 0 Å². The van der Waals surface area contributed by atoms with Crippen molar-refractivity contribution in [3.63, 3.8) is 0 Å². The van der Waals surface area contributed by atoms with Crippen LogP contribution in [0.4, 0.5) is 0 Å². The summed E-state index contributed by atoms with van der Waals surface area (Å²) in [5.41, 5.74) is 6.69. The molecule has 0 bridgehead atoms. The molecule has 2 amide bonds. The van der Waals surface area contributed by atoms with Gasteiger partial charge in [0.2, 0.25) is 11.8 Å². The molecule has 4 rings (SSSR count). The van der Waals surface area contributed by atoms with E-state index in [1.807, 2.05) is 42.5 Å². The highest BCUT2D eigenvalue weighted by Crippen LogP contribution is 2.23. The van der Waals surface area contributed by atoms with Crippen LogP contribution in [0.2, 0.25) is 0 Å². The van der Waals surface area contributed by atoms with E-state index in [-0.39, 0.29) is 18.7 Å². The summed E-state index contributed by atoms with van der Waals surface area (Å²) in [6.45, 7) is 0. The fourth-order valence-electron chi connectivity index (χ4n) is 3.73. The summed E-state index contributed by atoms with van der Waals surface area (Å²) in [5, 5.41) is 5.45. The Hall–Kier alpha value is -4.13. The van der Waals surface area contributed by atoms with Crippen molar-refractivity contribution < 1.29 is 18.7 Å². The van der Waals surface area contributed by atoms with E-state index in [2.05, 4.69) is 5.32 Å². The summed E-state index contributed by atoms with van der Waals surface area (Å²) in [5.74, 6) is -0.488. The molecule has 0 aliphatic carbocycles. The highest BCUT2D eigenvalue weighted by atomic mass is 16.5. The van der Waals surface area contributed by atoms with Crippen LogP contribution in [0, 0.1) is 0 Å². The number of amides is 2. The van der Waals surface area contributed by atoms with Crippen LogP contribution in [0.15, 0.2) is 75.9 Å². The van der Waals surface area contributed by atoms with Crippen molar-refractivity contribution in [3.8, 4) is 5.75 Å². The van der Waals surface area contributed by atoms with Crippen LogP contribution in [0.1, 0.15) is 11.1 Å². The van der Waals surface area contributed by atoms with Crippen molar-refractivity contribution >= 4 is 33.6 Å². The lowest BCUT2D eigenvalue weighted by molar-refractivity contribution is -0.126. The summed E-state index contributed by atoms with van der Waals surface area (Å²) in [6, 6.07) is 19.0. The molecular formula is C25H22N2O5. The van der Waals surface area contributed by atoms with E-state index in [4.69, 9.17) is 14.9 Å². The van der Waals surface area contributed by atoms with Crippen LogP contribution < -0.4 is 21.4 Å². The molecule has 7 nitrogen and oxygen atoms in total. The molecule has 7 heteroatoms. The predicted octanol–water partition coefficient (Wildman–Crippen LogP) is 2.71. The number of hydrogen-bond acceptors (Lipinski definition) is 5. The lowest BCUT2D eigenvalue weighted by Crippen LogP contribution is -2.46. The standard InChI is InChI=1S/C25H22N2O5/c1-31-19-8-9-20-18(13-24(29)32-22(20)14-19)12-21(25(26)30)27-23(28)11-15-6-7-16-4-2-3-5-17(16)10-15/h2-10,13-14,21H,11-12H2,1H3,(H2,26,30)(H,27,28)/t21-/m1/s1. The smallest absolute Gasteiger partial charge is 0.336 e. The maximum Gasteiger partial charge on any atom is 0.336 e. The van der Waals surface area contributed by atoms with Gasteiger partial charge in [-0.3, -0.25) is 9.59 Å². The summed E-state index contributed by atoms with van der Waals surface area (Å²) >= 11 is 0. The Labute approximate surface area is 183 Å². The Kier molecular flexibility index (Phi) is 5.89. The number of nitrogens with one attached hydrogen (secondary N) is 1. The van der Waals surface area contributed by atoms with E-state index in [1.54, 1.807) is 18.2 Å². The van der Waals surface area contributed by atoms with Gasteiger partial charge < -0.3 is 20.2 Å². The third kappa shape index (κ3) is 4.62. The van der Waals surface area contributed by atoms with Gasteiger partial charge in [-0.05, 0) is 34.0 Å². The number of benzene rings is 3. The van der Waals surface area contributed by atoms with Gasteiger partial charge in [0.05, 0.1) is 13.5 Å². The molecule has 0 aliphatic heterocycles. The van der Waals surface area contributed by atoms with Gasteiger partial charge in [0.15, 0.2) is 0 Å². The van der Waals surface area contributed by atoms with Crippen LogP contribution in [0.3, 0.4) is 0 Å². The van der Waals surface area contributed by atoms with Crippen molar-refractivity contribution in [3.05, 3.63) is 88.3 Å². The average Bonchev–Trinajstić information content (AvgIpc) is 2.77. The molecule has 1 aromatic heterocycles. The second-order valence-electron chi connectivity index (χ2n) is 7.54. The quantitative estimate of drug-likeness (QED) is 0.438. The fourth-order valence-corrected chi connectivity index (χ4v) is 3.73. The number of nitrogens with two attached hydrogens (primary N) is 1. The second kappa shape index (κ2) is 8.93.